The van der Waals surface area contributed by atoms with Gasteiger partial charge in [-0.1, -0.05) is 17.7 Å². The first-order valence-corrected chi connectivity index (χ1v) is 11.1. The van der Waals surface area contributed by atoms with E-state index in [4.69, 9.17) is 32.5 Å². The van der Waals surface area contributed by atoms with Crippen molar-refractivity contribution in [3.8, 4) is 16.9 Å². The van der Waals surface area contributed by atoms with Crippen molar-refractivity contribution in [3.63, 3.8) is 0 Å². The molecule has 2 aromatic carbocycles. The number of anilines is 1. The van der Waals surface area contributed by atoms with Gasteiger partial charge in [0.25, 0.3) is 0 Å². The molecule has 0 saturated carbocycles. The minimum Gasteiger partial charge on any atom is -0.507 e. The standard InChI is InChI=1S/C24H30ClFN4O4/c1-24(2,3)34-23(32)30-10-8-29(9-11-30)21(22(28)33-4)15-12-16(25)14(13-18(15)27)20-17(26)6-5-7-19(20)31/h5-7,12-13,31H,8-11,27-28H2,1-4H3/b22-21-. The smallest absolute Gasteiger partial charge is 0.410 e. The molecule has 0 bridgehead atoms. The topological polar surface area (TPSA) is 114 Å². The molecule has 0 unspecified atom stereocenters. The van der Waals surface area contributed by atoms with Crippen LogP contribution in [0.2, 0.25) is 5.02 Å². The average Bonchev–Trinajstić information content (AvgIpc) is 2.75. The van der Waals surface area contributed by atoms with E-state index >= 15 is 0 Å². The van der Waals surface area contributed by atoms with E-state index in [1.54, 1.807) is 11.0 Å². The average molecular weight is 493 g/mol. The monoisotopic (exact) mass is 492 g/mol. The maximum atomic E-state index is 14.4. The summed E-state index contributed by atoms with van der Waals surface area (Å²) in [5, 5.41) is 10.3. The summed E-state index contributed by atoms with van der Waals surface area (Å²) in [6.45, 7) is 7.17. The number of nitrogen functional groups attached to an aromatic ring is 1. The number of amides is 1. The highest BCUT2D eigenvalue weighted by Gasteiger charge is 2.29. The van der Waals surface area contributed by atoms with Crippen LogP contribution < -0.4 is 11.5 Å². The Labute approximate surface area is 203 Å². The number of nitrogens with zero attached hydrogens (tertiary/aromatic N) is 2. The van der Waals surface area contributed by atoms with Crippen LogP contribution in [0.5, 0.6) is 5.75 Å². The lowest BCUT2D eigenvalue weighted by Gasteiger charge is -2.38. The van der Waals surface area contributed by atoms with Crippen molar-refractivity contribution in [2.24, 2.45) is 5.73 Å². The Morgan fingerprint density at radius 3 is 2.32 bits per heavy atom. The third-order valence-corrected chi connectivity index (χ3v) is 5.67. The predicted molar refractivity (Wildman–Crippen MR) is 130 cm³/mol. The second-order valence-corrected chi connectivity index (χ2v) is 9.33. The lowest BCUT2D eigenvalue weighted by molar-refractivity contribution is 0.0181. The van der Waals surface area contributed by atoms with Crippen LogP contribution >= 0.6 is 11.6 Å². The van der Waals surface area contributed by atoms with Crippen molar-refractivity contribution >= 4 is 29.1 Å². The molecule has 0 aromatic heterocycles. The van der Waals surface area contributed by atoms with Crippen LogP contribution in [0.3, 0.4) is 0 Å². The summed E-state index contributed by atoms with van der Waals surface area (Å²) in [6, 6.07) is 7.07. The maximum absolute atomic E-state index is 14.4. The number of benzene rings is 2. The number of hydrogen-bond donors (Lipinski definition) is 3. The number of aromatic hydroxyl groups is 1. The maximum Gasteiger partial charge on any atom is 0.410 e. The Kier molecular flexibility index (Phi) is 7.35. The van der Waals surface area contributed by atoms with Gasteiger partial charge in [0.2, 0.25) is 5.88 Å². The van der Waals surface area contributed by atoms with Gasteiger partial charge in [0.05, 0.1) is 12.7 Å². The van der Waals surface area contributed by atoms with Gasteiger partial charge >= 0.3 is 6.09 Å². The van der Waals surface area contributed by atoms with Crippen LogP contribution in [-0.4, -0.2) is 59.9 Å². The number of hydrogen-bond acceptors (Lipinski definition) is 7. The molecular weight excluding hydrogens is 463 g/mol. The summed E-state index contributed by atoms with van der Waals surface area (Å²) in [7, 11) is 1.44. The first kappa shape index (κ1) is 25.3. The molecule has 0 aliphatic carbocycles. The van der Waals surface area contributed by atoms with Crippen LogP contribution in [-0.2, 0) is 9.47 Å². The van der Waals surface area contributed by atoms with Gasteiger partial charge in [0.1, 0.15) is 22.9 Å². The Bertz CT molecular complexity index is 1090. The van der Waals surface area contributed by atoms with Gasteiger partial charge in [-0.15, -0.1) is 0 Å². The van der Waals surface area contributed by atoms with Gasteiger partial charge in [-0.05, 0) is 45.0 Å². The summed E-state index contributed by atoms with van der Waals surface area (Å²) in [5.41, 5.74) is 13.4. The SMILES string of the molecule is CO/C(N)=C(/c1cc(Cl)c(-c2c(O)cccc2F)cc1N)N1CCN(C(=O)OC(C)(C)C)CC1. The Hall–Kier alpha value is -3.33. The predicted octanol–water partition coefficient (Wildman–Crippen LogP) is 4.22. The third kappa shape index (κ3) is 5.41. The van der Waals surface area contributed by atoms with Gasteiger partial charge in [-0.3, -0.25) is 0 Å². The highest BCUT2D eigenvalue weighted by molar-refractivity contribution is 6.33. The van der Waals surface area contributed by atoms with Crippen molar-refractivity contribution in [3.05, 3.63) is 52.6 Å². The molecule has 8 nitrogen and oxygen atoms in total. The second-order valence-electron chi connectivity index (χ2n) is 8.92. The molecule has 184 valence electrons. The van der Waals surface area contributed by atoms with Crippen molar-refractivity contribution in [1.82, 2.24) is 9.80 Å². The minimum absolute atomic E-state index is 0.0398. The molecule has 10 heteroatoms. The number of halogens is 2. The Balaban J connectivity index is 1.92. The number of phenols is 1. The van der Waals surface area contributed by atoms with Crippen molar-refractivity contribution in [2.45, 2.75) is 26.4 Å². The zero-order chi connectivity index (χ0) is 25.2. The number of nitrogens with two attached hydrogens (primary N) is 2. The van der Waals surface area contributed by atoms with Gasteiger partial charge < -0.3 is 35.8 Å². The van der Waals surface area contributed by atoms with Crippen LogP contribution in [0, 0.1) is 5.82 Å². The molecule has 2 aromatic rings. The first-order valence-electron chi connectivity index (χ1n) is 10.8. The quantitative estimate of drug-likeness (QED) is 0.432. The molecule has 0 spiro atoms. The van der Waals surface area contributed by atoms with Crippen molar-refractivity contribution in [1.29, 1.82) is 0 Å². The Morgan fingerprint density at radius 1 is 1.15 bits per heavy atom. The van der Waals surface area contributed by atoms with Crippen molar-refractivity contribution < 1.29 is 23.8 Å². The van der Waals surface area contributed by atoms with E-state index in [-0.39, 0.29) is 39.6 Å². The minimum atomic E-state index is -0.625. The summed E-state index contributed by atoms with van der Waals surface area (Å²) >= 11 is 6.51. The summed E-state index contributed by atoms with van der Waals surface area (Å²) in [5.74, 6) is -0.756. The number of rotatable bonds is 4. The lowest BCUT2D eigenvalue weighted by atomic mass is 9.99. The van der Waals surface area contributed by atoms with E-state index < -0.39 is 11.4 Å². The molecule has 1 amide bonds. The highest BCUT2D eigenvalue weighted by atomic mass is 35.5. The molecular formula is C24H30ClFN4O4. The van der Waals surface area contributed by atoms with Crippen LogP contribution in [0.25, 0.3) is 16.8 Å². The summed E-state index contributed by atoms with van der Waals surface area (Å²) < 4.78 is 25.2. The van der Waals surface area contributed by atoms with E-state index in [1.807, 2.05) is 25.7 Å². The number of piperazine rings is 1. The second kappa shape index (κ2) is 9.89. The molecule has 3 rings (SSSR count). The first-order chi connectivity index (χ1) is 15.9. The van der Waals surface area contributed by atoms with Gasteiger partial charge in [-0.2, -0.15) is 0 Å². The van der Waals surface area contributed by atoms with E-state index in [2.05, 4.69) is 0 Å². The zero-order valence-electron chi connectivity index (χ0n) is 19.7. The molecule has 1 aliphatic rings. The summed E-state index contributed by atoms with van der Waals surface area (Å²) in [4.78, 5) is 16.0. The molecule has 0 radical (unpaired) electrons. The number of phenolic OH excluding ortho intramolecular Hbond substituents is 1. The van der Waals surface area contributed by atoms with E-state index in [1.165, 1.54) is 31.4 Å². The number of methoxy groups -OCH3 is 1. The third-order valence-electron chi connectivity index (χ3n) is 5.36. The zero-order valence-corrected chi connectivity index (χ0v) is 20.4. The molecule has 1 heterocycles. The van der Waals surface area contributed by atoms with E-state index in [9.17, 15) is 14.3 Å². The molecule has 1 saturated heterocycles. The number of ether oxygens (including phenoxy) is 2. The van der Waals surface area contributed by atoms with Gasteiger partial charge in [-0.25, -0.2) is 9.18 Å². The summed E-state index contributed by atoms with van der Waals surface area (Å²) in [6.07, 6.45) is -0.381. The number of carbonyl (C=O) groups excluding carboxylic acids is 1. The van der Waals surface area contributed by atoms with Crippen LogP contribution in [0.4, 0.5) is 14.9 Å². The fraction of sp³-hybridized carbons (Fsp3) is 0.375. The molecule has 34 heavy (non-hydrogen) atoms. The van der Waals surface area contributed by atoms with Crippen LogP contribution in [0.1, 0.15) is 26.3 Å². The molecule has 5 N–H and O–H groups in total. The molecule has 1 aliphatic heterocycles. The van der Waals surface area contributed by atoms with Crippen LogP contribution in [0.15, 0.2) is 36.2 Å². The normalized spacial score (nSPS) is 15.1. The highest BCUT2D eigenvalue weighted by Crippen LogP contribution is 2.40. The fourth-order valence-corrected chi connectivity index (χ4v) is 4.02. The van der Waals surface area contributed by atoms with Gasteiger partial charge in [0.15, 0.2) is 0 Å². The van der Waals surface area contributed by atoms with Gasteiger partial charge in [0, 0.05) is 48.0 Å². The number of carbonyl (C=O) groups is 1. The largest absolute Gasteiger partial charge is 0.507 e. The fourth-order valence-electron chi connectivity index (χ4n) is 3.76. The Morgan fingerprint density at radius 2 is 1.76 bits per heavy atom. The molecule has 1 fully saturated rings. The van der Waals surface area contributed by atoms with Crippen molar-refractivity contribution in [2.75, 3.05) is 39.0 Å². The van der Waals surface area contributed by atoms with E-state index in [0.29, 0.717) is 37.4 Å². The lowest BCUT2D eigenvalue weighted by Crippen LogP contribution is -2.49. The van der Waals surface area contributed by atoms with E-state index in [0.717, 1.165) is 0 Å². The molecule has 0 atom stereocenters.